The van der Waals surface area contributed by atoms with Gasteiger partial charge in [-0.05, 0) is 18.6 Å². The number of rotatable bonds is 4. The molecule has 0 amide bonds. The molecule has 3 heteroatoms. The molecule has 12 heavy (non-hydrogen) atoms. The Balaban J connectivity index is 4.60. The molecule has 0 radical (unpaired) electrons. The molecule has 0 aliphatic heterocycles. The Bertz CT molecular complexity index is 239. The van der Waals surface area contributed by atoms with Gasteiger partial charge in [-0.25, -0.2) is 4.39 Å². The molecule has 0 spiro atoms. The van der Waals surface area contributed by atoms with Gasteiger partial charge in [0.2, 0.25) is 0 Å². The summed E-state index contributed by atoms with van der Waals surface area (Å²) >= 11 is 0. The molecule has 0 heterocycles. The molecule has 0 aromatic rings. The van der Waals surface area contributed by atoms with Gasteiger partial charge < -0.3 is 5.11 Å². The first-order chi connectivity index (χ1) is 5.61. The fourth-order valence-corrected chi connectivity index (χ4v) is 0.670. The highest BCUT2D eigenvalue weighted by molar-refractivity contribution is 5.71. The average molecular weight is 170 g/mol. The molecular weight excluding hydrogens is 159 g/mol. The zero-order chi connectivity index (χ0) is 9.56. The van der Waals surface area contributed by atoms with Gasteiger partial charge in [-0.3, -0.25) is 4.79 Å². The molecule has 0 rings (SSSR count). The number of carboxylic acids is 1. The summed E-state index contributed by atoms with van der Waals surface area (Å²) in [5, 5.41) is 8.36. The van der Waals surface area contributed by atoms with Crippen molar-refractivity contribution >= 4 is 5.97 Å². The van der Waals surface area contributed by atoms with Crippen molar-refractivity contribution in [1.82, 2.24) is 0 Å². The van der Waals surface area contributed by atoms with E-state index < -0.39 is 11.8 Å². The number of carboxylic acid groups (broad SMARTS) is 1. The van der Waals surface area contributed by atoms with Crippen LogP contribution in [0.5, 0.6) is 0 Å². The molecule has 0 aromatic heterocycles. The van der Waals surface area contributed by atoms with E-state index in [1.807, 2.05) is 0 Å². The first kappa shape index (κ1) is 10.6. The molecule has 2 nitrogen and oxygen atoms in total. The molecule has 0 aliphatic carbocycles. The predicted octanol–water partition coefficient (Wildman–Crippen LogP) is 2.45. The van der Waals surface area contributed by atoms with Crippen molar-refractivity contribution in [2.75, 3.05) is 0 Å². The predicted molar refractivity (Wildman–Crippen MR) is 45.4 cm³/mol. The van der Waals surface area contributed by atoms with E-state index in [0.29, 0.717) is 0 Å². The second-order valence-corrected chi connectivity index (χ2v) is 2.15. The average Bonchev–Trinajstić information content (AvgIpc) is 2.00. The SMILES string of the molecule is C=C/C(CC(=O)O)=C(F)\C=C/C. The molecular formula is C9H11FO2. The molecule has 0 saturated heterocycles. The number of carbonyl (C=O) groups is 1. The highest BCUT2D eigenvalue weighted by Gasteiger charge is 2.04. The zero-order valence-electron chi connectivity index (χ0n) is 6.88. The van der Waals surface area contributed by atoms with E-state index in [1.54, 1.807) is 6.92 Å². The normalized spacial score (nSPS) is 12.8. The first-order valence-electron chi connectivity index (χ1n) is 3.47. The van der Waals surface area contributed by atoms with Crippen molar-refractivity contribution in [2.24, 2.45) is 0 Å². The van der Waals surface area contributed by atoms with E-state index in [4.69, 9.17) is 5.11 Å². The molecule has 0 unspecified atom stereocenters. The van der Waals surface area contributed by atoms with E-state index in [0.717, 1.165) is 0 Å². The van der Waals surface area contributed by atoms with Gasteiger partial charge in [-0.1, -0.05) is 18.7 Å². The number of allylic oxidation sites excluding steroid dienone is 4. The second kappa shape index (κ2) is 5.29. The van der Waals surface area contributed by atoms with Crippen LogP contribution in [0.25, 0.3) is 0 Å². The van der Waals surface area contributed by atoms with Crippen LogP contribution in [0.3, 0.4) is 0 Å². The number of hydrogen-bond acceptors (Lipinski definition) is 1. The van der Waals surface area contributed by atoms with Crippen molar-refractivity contribution in [3.05, 3.63) is 36.2 Å². The van der Waals surface area contributed by atoms with Crippen molar-refractivity contribution in [3.8, 4) is 0 Å². The zero-order valence-corrected chi connectivity index (χ0v) is 6.88. The highest BCUT2D eigenvalue weighted by Crippen LogP contribution is 2.12. The number of halogens is 1. The molecule has 0 aromatic carbocycles. The lowest BCUT2D eigenvalue weighted by Crippen LogP contribution is -1.96. The van der Waals surface area contributed by atoms with E-state index in [1.165, 1.54) is 18.2 Å². The van der Waals surface area contributed by atoms with Crippen LogP contribution in [0.1, 0.15) is 13.3 Å². The topological polar surface area (TPSA) is 37.3 Å². The van der Waals surface area contributed by atoms with E-state index in [9.17, 15) is 9.18 Å². The summed E-state index contributed by atoms with van der Waals surface area (Å²) in [5.41, 5.74) is 0.0978. The van der Waals surface area contributed by atoms with Crippen molar-refractivity contribution in [3.63, 3.8) is 0 Å². The standard InChI is InChI=1S/C9H11FO2/c1-3-5-8(10)7(4-2)6-9(11)12/h3-5H,2,6H2,1H3,(H,11,12)/b5-3-,8-7-. The van der Waals surface area contributed by atoms with E-state index >= 15 is 0 Å². The number of hydrogen-bond donors (Lipinski definition) is 1. The van der Waals surface area contributed by atoms with Crippen LogP contribution in [-0.2, 0) is 4.79 Å². The largest absolute Gasteiger partial charge is 0.481 e. The van der Waals surface area contributed by atoms with Gasteiger partial charge in [-0.15, -0.1) is 0 Å². The van der Waals surface area contributed by atoms with Crippen LogP contribution >= 0.6 is 0 Å². The summed E-state index contributed by atoms with van der Waals surface area (Å²) < 4.78 is 12.9. The Morgan fingerprint density at radius 1 is 1.67 bits per heavy atom. The Labute approximate surface area is 70.7 Å². The van der Waals surface area contributed by atoms with Crippen LogP contribution in [0.4, 0.5) is 4.39 Å². The van der Waals surface area contributed by atoms with Crippen molar-refractivity contribution in [1.29, 1.82) is 0 Å². The summed E-state index contributed by atoms with van der Waals surface area (Å²) in [5.74, 6) is -1.61. The minimum atomic E-state index is -1.07. The van der Waals surface area contributed by atoms with Gasteiger partial charge in [0.05, 0.1) is 6.42 Å². The van der Waals surface area contributed by atoms with Gasteiger partial charge in [0.15, 0.2) is 0 Å². The summed E-state index contributed by atoms with van der Waals surface area (Å²) in [7, 11) is 0. The van der Waals surface area contributed by atoms with Gasteiger partial charge in [0, 0.05) is 0 Å². The summed E-state index contributed by atoms with van der Waals surface area (Å²) in [6, 6.07) is 0. The second-order valence-electron chi connectivity index (χ2n) is 2.15. The van der Waals surface area contributed by atoms with Crippen molar-refractivity contribution in [2.45, 2.75) is 13.3 Å². The summed E-state index contributed by atoms with van der Waals surface area (Å²) in [6.07, 6.45) is 3.59. The summed E-state index contributed by atoms with van der Waals surface area (Å²) in [4.78, 5) is 10.2. The fraction of sp³-hybridized carbons (Fsp3) is 0.222. The molecule has 0 bridgehead atoms. The lowest BCUT2D eigenvalue weighted by Gasteiger charge is -1.96. The Hall–Kier alpha value is -1.38. The monoisotopic (exact) mass is 170 g/mol. The maximum Gasteiger partial charge on any atom is 0.307 e. The van der Waals surface area contributed by atoms with Crippen LogP contribution in [0, 0.1) is 0 Å². The third-order valence-electron chi connectivity index (χ3n) is 1.21. The lowest BCUT2D eigenvalue weighted by atomic mass is 10.1. The van der Waals surface area contributed by atoms with E-state index in [-0.39, 0.29) is 12.0 Å². The van der Waals surface area contributed by atoms with Gasteiger partial charge in [-0.2, -0.15) is 0 Å². The molecule has 66 valence electrons. The van der Waals surface area contributed by atoms with Crippen molar-refractivity contribution < 1.29 is 14.3 Å². The van der Waals surface area contributed by atoms with Gasteiger partial charge in [0.25, 0.3) is 0 Å². The highest BCUT2D eigenvalue weighted by atomic mass is 19.1. The minimum Gasteiger partial charge on any atom is -0.481 e. The Kier molecular flexibility index (Phi) is 4.69. The maximum absolute atomic E-state index is 12.9. The molecule has 0 atom stereocenters. The Morgan fingerprint density at radius 3 is 2.58 bits per heavy atom. The van der Waals surface area contributed by atoms with Crippen LogP contribution < -0.4 is 0 Å². The third kappa shape index (κ3) is 3.71. The Morgan fingerprint density at radius 2 is 2.25 bits per heavy atom. The van der Waals surface area contributed by atoms with Crippen LogP contribution in [0.2, 0.25) is 0 Å². The first-order valence-corrected chi connectivity index (χ1v) is 3.47. The van der Waals surface area contributed by atoms with Crippen LogP contribution in [-0.4, -0.2) is 11.1 Å². The lowest BCUT2D eigenvalue weighted by molar-refractivity contribution is -0.136. The minimum absolute atomic E-state index is 0.0978. The maximum atomic E-state index is 12.9. The van der Waals surface area contributed by atoms with E-state index in [2.05, 4.69) is 6.58 Å². The molecule has 0 fully saturated rings. The molecule has 0 aliphatic rings. The smallest absolute Gasteiger partial charge is 0.307 e. The quantitative estimate of drug-likeness (QED) is 0.658. The number of aliphatic carboxylic acids is 1. The summed E-state index contributed by atoms with van der Waals surface area (Å²) in [6.45, 7) is 4.98. The molecule has 0 saturated carbocycles. The fourth-order valence-electron chi connectivity index (χ4n) is 0.670. The van der Waals surface area contributed by atoms with Gasteiger partial charge in [0.1, 0.15) is 5.83 Å². The third-order valence-corrected chi connectivity index (χ3v) is 1.21. The molecule has 1 N–H and O–H groups in total. The van der Waals surface area contributed by atoms with Gasteiger partial charge >= 0.3 is 5.97 Å². The van der Waals surface area contributed by atoms with Crippen LogP contribution in [0.15, 0.2) is 36.2 Å².